The van der Waals surface area contributed by atoms with Crippen molar-refractivity contribution in [3.05, 3.63) is 59.7 Å². The van der Waals surface area contributed by atoms with Gasteiger partial charge in [0, 0.05) is 39.0 Å². The molecule has 0 bridgehead atoms. The molecule has 0 saturated carbocycles. The monoisotopic (exact) mass is 1320 g/mol. The number of ether oxygens (including phenoxy) is 2. The number of likely N-dealkylation sites (tertiary alicyclic amines) is 2. The maximum atomic E-state index is 12.1. The number of hydrogen-bond donors (Lipinski definition) is 1. The van der Waals surface area contributed by atoms with Gasteiger partial charge in [0.05, 0.1) is 22.6 Å². The van der Waals surface area contributed by atoms with Gasteiger partial charge < -0.3 is 19.3 Å². The fourth-order valence-corrected chi connectivity index (χ4v) is 4.69. The van der Waals surface area contributed by atoms with Gasteiger partial charge >= 0.3 is 24.8 Å². The quantitative estimate of drug-likeness (QED) is 0.102. The molecule has 17 heteroatoms. The Morgan fingerprint density at radius 2 is 1.24 bits per heavy atom. The Hall–Kier alpha value is 0.665. The SMILES string of the molecule is CC(I)(I)I.CC(I)I.COc1ccc(CN2CCCC(=O)C(Br)C2=O)cc1.COc1ccc(CN2CCCC(=O)CC2=O)cc1.[B]=NS. The molecule has 0 aromatic heterocycles. The van der Waals surface area contributed by atoms with Gasteiger partial charge in [-0.1, -0.05) is 153 Å². The molecule has 2 heterocycles. The molecule has 1 radical (unpaired) electrons. The van der Waals surface area contributed by atoms with E-state index in [0.717, 1.165) is 37.4 Å². The molecule has 0 spiro atoms. The van der Waals surface area contributed by atoms with Crippen molar-refractivity contribution >= 4 is 173 Å². The summed E-state index contributed by atoms with van der Waals surface area (Å²) in [4.78, 5) is 49.7. The van der Waals surface area contributed by atoms with Gasteiger partial charge in [-0.15, -0.1) is 0 Å². The summed E-state index contributed by atoms with van der Waals surface area (Å²) in [6, 6.07) is 15.2. The van der Waals surface area contributed by atoms with E-state index in [9.17, 15) is 19.2 Å². The van der Waals surface area contributed by atoms with Crippen LogP contribution in [-0.4, -0.2) is 74.3 Å². The zero-order valence-electron chi connectivity index (χ0n) is 27.7. The molecule has 4 rings (SSSR count). The minimum atomic E-state index is -0.687. The summed E-state index contributed by atoms with van der Waals surface area (Å²) in [5.74, 6) is 1.42. The molecule has 2 aliphatic heterocycles. The second-order valence-corrected chi connectivity index (χ2v) is 30.4. The number of nitrogens with zero attached hydrogens (tertiary/aromatic N) is 3. The maximum absolute atomic E-state index is 12.1. The molecule has 1 atom stereocenters. The number of rotatable bonds is 6. The molecular weight excluding hydrogens is 1280 g/mol. The van der Waals surface area contributed by atoms with Crippen molar-refractivity contribution in [3.63, 3.8) is 0 Å². The van der Waals surface area contributed by atoms with Gasteiger partial charge in [0.25, 0.3) is 0 Å². The van der Waals surface area contributed by atoms with Crippen molar-refractivity contribution < 1.29 is 28.7 Å². The Morgan fingerprint density at radius 3 is 1.65 bits per heavy atom. The van der Waals surface area contributed by atoms with Gasteiger partial charge in [0.1, 0.15) is 16.7 Å². The number of methoxy groups -OCH3 is 2. The topological polar surface area (TPSA) is 106 Å². The van der Waals surface area contributed by atoms with Crippen molar-refractivity contribution in [2.24, 2.45) is 4.30 Å². The van der Waals surface area contributed by atoms with Crippen molar-refractivity contribution in [2.75, 3.05) is 27.3 Å². The van der Waals surface area contributed by atoms with Crippen LogP contribution in [0.15, 0.2) is 52.8 Å². The molecule has 49 heavy (non-hydrogen) atoms. The summed E-state index contributed by atoms with van der Waals surface area (Å²) < 4.78 is 14.1. The minimum absolute atomic E-state index is 0.0257. The van der Waals surface area contributed by atoms with Crippen LogP contribution in [0.4, 0.5) is 0 Å². The molecule has 2 aromatic rings. The molecular formula is C32H41BBrI5N3O6S. The first-order chi connectivity index (χ1) is 22.9. The van der Waals surface area contributed by atoms with E-state index in [1.807, 2.05) is 48.5 Å². The second kappa shape index (κ2) is 28.2. The predicted octanol–water partition coefficient (Wildman–Crippen LogP) is 9.28. The normalized spacial score (nSPS) is 16.2. The first-order valence-electron chi connectivity index (χ1n) is 14.9. The standard InChI is InChI=1S/C14H16BrNO3.C14H17NO3.C2H3I3.C2H4I2.BHNS/c1-19-11-6-4-10(5-7-11)9-16-8-2-3-12(17)13(15)14(16)18;1-18-13-6-4-11(5-7-13)10-15-8-2-3-12(16)9-14(15)17;1-2(3,4)5;1-2(3)4;1-2-3/h4-7,13H,2-3,8-9H2,1H3;4-7H,2-3,8-10H2,1H3;1H3;2H,1H3;3H. The van der Waals surface area contributed by atoms with Crippen LogP contribution in [0.2, 0.25) is 0 Å². The fourth-order valence-electron chi connectivity index (χ4n) is 4.17. The van der Waals surface area contributed by atoms with E-state index >= 15 is 0 Å². The van der Waals surface area contributed by atoms with E-state index in [0.29, 0.717) is 38.5 Å². The van der Waals surface area contributed by atoms with Crippen molar-refractivity contribution in [3.8, 4) is 11.5 Å². The molecule has 0 N–H and O–H groups in total. The summed E-state index contributed by atoms with van der Waals surface area (Å²) in [6.07, 6.45) is 2.52. The Balaban J connectivity index is 0.000000711. The molecule has 2 amide bonds. The van der Waals surface area contributed by atoms with Gasteiger partial charge in [-0.05, 0) is 62.1 Å². The molecule has 1 unspecified atom stereocenters. The Morgan fingerprint density at radius 1 is 0.878 bits per heavy atom. The number of benzene rings is 2. The van der Waals surface area contributed by atoms with Gasteiger partial charge in [-0.2, -0.15) is 0 Å². The number of Topliss-reactive ketones (excluding diaryl/α,β-unsaturated/α-hetero) is 2. The van der Waals surface area contributed by atoms with E-state index in [1.54, 1.807) is 24.0 Å². The molecule has 0 aliphatic carbocycles. The van der Waals surface area contributed by atoms with E-state index < -0.39 is 4.83 Å². The first kappa shape index (κ1) is 49.7. The Kier molecular flexibility index (Phi) is 28.5. The number of ketones is 2. The molecule has 9 nitrogen and oxygen atoms in total. The van der Waals surface area contributed by atoms with Crippen LogP contribution in [0.25, 0.3) is 0 Å². The molecule has 2 fully saturated rings. The zero-order chi connectivity index (χ0) is 37.6. The predicted molar refractivity (Wildman–Crippen MR) is 248 cm³/mol. The third-order valence-corrected chi connectivity index (χ3v) is 7.21. The second-order valence-electron chi connectivity index (χ2n) is 10.4. The van der Waals surface area contributed by atoms with E-state index in [2.05, 4.69) is 167 Å². The number of hydrogen-bond acceptors (Lipinski definition) is 8. The summed E-state index contributed by atoms with van der Waals surface area (Å²) >= 11 is 18.1. The van der Waals surface area contributed by atoms with E-state index in [1.165, 1.54) is 0 Å². The van der Waals surface area contributed by atoms with Gasteiger partial charge in [-0.25, -0.2) is 0 Å². The van der Waals surface area contributed by atoms with Crippen LogP contribution in [-0.2, 0) is 32.3 Å². The number of amides is 2. The van der Waals surface area contributed by atoms with E-state index in [-0.39, 0.29) is 29.8 Å². The zero-order valence-corrected chi connectivity index (χ0v) is 41.0. The van der Waals surface area contributed by atoms with Crippen LogP contribution in [0, 0.1) is 0 Å². The van der Waals surface area contributed by atoms with Gasteiger partial charge in [-0.3, -0.25) is 19.2 Å². The number of halogens is 6. The van der Waals surface area contributed by atoms with Gasteiger partial charge in [0.15, 0.2) is 10.6 Å². The van der Waals surface area contributed by atoms with Gasteiger partial charge in [0.2, 0.25) is 11.8 Å². The third-order valence-electron chi connectivity index (χ3n) is 6.31. The van der Waals surface area contributed by atoms with Crippen LogP contribution in [0.3, 0.4) is 0 Å². The van der Waals surface area contributed by atoms with Crippen LogP contribution in [0.5, 0.6) is 11.5 Å². The number of carbonyl (C=O) groups excluding carboxylic acids is 4. The summed E-state index contributed by atoms with van der Waals surface area (Å²) in [6.45, 7) is 6.67. The third kappa shape index (κ3) is 25.3. The molecule has 2 saturated heterocycles. The van der Waals surface area contributed by atoms with Crippen LogP contribution < -0.4 is 9.47 Å². The Labute approximate surface area is 374 Å². The number of alkyl halides is 6. The summed E-state index contributed by atoms with van der Waals surface area (Å²) in [5, 5.41) is 0. The average molecular weight is 1320 g/mol. The van der Waals surface area contributed by atoms with Crippen molar-refractivity contribution in [1.82, 2.24) is 9.80 Å². The van der Waals surface area contributed by atoms with Crippen molar-refractivity contribution in [1.29, 1.82) is 0 Å². The molecule has 271 valence electrons. The first-order valence-corrected chi connectivity index (χ1v) is 21.9. The average Bonchev–Trinajstić information content (AvgIpc) is 3.25. The van der Waals surface area contributed by atoms with E-state index in [4.69, 9.17) is 9.47 Å². The summed E-state index contributed by atoms with van der Waals surface area (Å²) in [7, 11) is 7.58. The van der Waals surface area contributed by atoms with Crippen LogP contribution in [0.1, 0.15) is 57.1 Å². The Bertz CT molecular complexity index is 1300. The summed E-state index contributed by atoms with van der Waals surface area (Å²) in [5.41, 5.74) is 2.08. The van der Waals surface area contributed by atoms with Crippen LogP contribution >= 0.6 is 142 Å². The molecule has 2 aromatic carbocycles. The van der Waals surface area contributed by atoms with Crippen molar-refractivity contribution in [2.45, 2.75) is 65.2 Å². The fraction of sp³-hybridized carbons (Fsp3) is 0.500. The molecule has 2 aliphatic rings. The number of thiol groups is 1. The number of carbonyl (C=O) groups is 4.